The molecule has 2 heterocycles. The van der Waals surface area contributed by atoms with E-state index in [2.05, 4.69) is 25.9 Å². The van der Waals surface area contributed by atoms with Crippen molar-refractivity contribution >= 4 is 31.9 Å². The predicted molar refractivity (Wildman–Crippen MR) is 92.0 cm³/mol. The molecule has 0 saturated carbocycles. The number of amides is 1. The highest BCUT2D eigenvalue weighted by Gasteiger charge is 2.29. The number of nitrogens with one attached hydrogen (secondary N) is 1. The zero-order valence-electron chi connectivity index (χ0n) is 12.9. The number of hydrogen-bond acceptors (Lipinski definition) is 4. The van der Waals surface area contributed by atoms with Crippen LogP contribution < -0.4 is 0 Å². The lowest BCUT2D eigenvalue weighted by Gasteiger charge is -2.22. The lowest BCUT2D eigenvalue weighted by molar-refractivity contribution is 0.0763. The smallest absolute Gasteiger partial charge is 0.260 e. The molecule has 0 radical (unpaired) electrons. The Labute approximate surface area is 148 Å². The molecule has 1 N–H and O–H groups in total. The number of carbonyl (C=O) groups is 1. The number of rotatable bonds is 3. The van der Waals surface area contributed by atoms with Gasteiger partial charge in [0, 0.05) is 30.7 Å². The lowest BCUT2D eigenvalue weighted by Crippen LogP contribution is -2.37. The Balaban J connectivity index is 1.74. The maximum atomic E-state index is 12.7. The van der Waals surface area contributed by atoms with Crippen molar-refractivity contribution in [3.05, 3.63) is 46.8 Å². The van der Waals surface area contributed by atoms with Gasteiger partial charge in [-0.2, -0.15) is 4.31 Å². The van der Waals surface area contributed by atoms with Gasteiger partial charge in [-0.1, -0.05) is 12.1 Å². The van der Waals surface area contributed by atoms with Gasteiger partial charge >= 0.3 is 0 Å². The Morgan fingerprint density at radius 2 is 1.96 bits per heavy atom. The van der Waals surface area contributed by atoms with Gasteiger partial charge in [0.15, 0.2) is 5.03 Å². The molecule has 1 aliphatic rings. The van der Waals surface area contributed by atoms with E-state index in [1.54, 1.807) is 11.0 Å². The van der Waals surface area contributed by atoms with Gasteiger partial charge in [-0.05, 0) is 34.5 Å². The summed E-state index contributed by atoms with van der Waals surface area (Å²) >= 11 is 3.39. The molecule has 128 valence electrons. The van der Waals surface area contributed by atoms with Crippen LogP contribution in [0.1, 0.15) is 16.8 Å². The number of aromatic nitrogens is 2. The number of sulfonamides is 1. The van der Waals surface area contributed by atoms with Crippen LogP contribution in [-0.2, 0) is 10.0 Å². The minimum Gasteiger partial charge on any atom is -0.337 e. The summed E-state index contributed by atoms with van der Waals surface area (Å²) in [4.78, 5) is 20.8. The third-order valence-electron chi connectivity index (χ3n) is 3.94. The number of H-pyrrole nitrogens is 1. The molecule has 0 spiro atoms. The second-order valence-electron chi connectivity index (χ2n) is 5.45. The van der Waals surface area contributed by atoms with Gasteiger partial charge in [0.1, 0.15) is 0 Å². The van der Waals surface area contributed by atoms with E-state index in [-0.39, 0.29) is 17.5 Å². The standard InChI is InChI=1S/C15H17BrN4O3S/c16-13-5-2-1-4-12(13)15(21)19-6-3-7-20(9-8-19)24(22,23)14-10-17-11-18-14/h1-2,4-5,10-11H,3,6-9H2,(H,17,18). The molecule has 0 aliphatic carbocycles. The number of carbonyl (C=O) groups excluding carboxylic acids is 1. The summed E-state index contributed by atoms with van der Waals surface area (Å²) in [5.41, 5.74) is 0.586. The largest absolute Gasteiger partial charge is 0.337 e. The van der Waals surface area contributed by atoms with E-state index in [0.717, 1.165) is 4.47 Å². The van der Waals surface area contributed by atoms with E-state index in [9.17, 15) is 13.2 Å². The van der Waals surface area contributed by atoms with Crippen molar-refractivity contribution in [1.82, 2.24) is 19.2 Å². The maximum absolute atomic E-state index is 12.7. The van der Waals surface area contributed by atoms with Gasteiger partial charge in [0.05, 0.1) is 18.1 Å². The summed E-state index contributed by atoms with van der Waals surface area (Å²) in [6, 6.07) is 7.24. The normalized spacial score (nSPS) is 16.8. The molecule has 1 aromatic heterocycles. The number of benzene rings is 1. The van der Waals surface area contributed by atoms with Crippen molar-refractivity contribution in [3.8, 4) is 0 Å². The monoisotopic (exact) mass is 412 g/mol. The molecule has 0 unspecified atom stereocenters. The second-order valence-corrected chi connectivity index (χ2v) is 8.21. The van der Waals surface area contributed by atoms with E-state index in [0.29, 0.717) is 31.6 Å². The third-order valence-corrected chi connectivity index (χ3v) is 6.45. The highest BCUT2D eigenvalue weighted by molar-refractivity contribution is 9.10. The van der Waals surface area contributed by atoms with Crippen molar-refractivity contribution in [2.45, 2.75) is 11.4 Å². The van der Waals surface area contributed by atoms with E-state index in [4.69, 9.17) is 0 Å². The fourth-order valence-electron chi connectivity index (χ4n) is 2.67. The first-order chi connectivity index (χ1) is 11.5. The van der Waals surface area contributed by atoms with Crippen LogP contribution in [0.3, 0.4) is 0 Å². The van der Waals surface area contributed by atoms with E-state index >= 15 is 0 Å². The molecule has 1 amide bonds. The minimum absolute atomic E-state index is 0.0769. The van der Waals surface area contributed by atoms with E-state index in [1.165, 1.54) is 16.8 Å². The summed E-state index contributed by atoms with van der Waals surface area (Å²) in [5.74, 6) is -0.0942. The van der Waals surface area contributed by atoms with Gasteiger partial charge in [0.2, 0.25) is 0 Å². The topological polar surface area (TPSA) is 86.4 Å². The van der Waals surface area contributed by atoms with Gasteiger partial charge in [-0.25, -0.2) is 13.4 Å². The molecule has 0 atom stereocenters. The Hall–Kier alpha value is -1.71. The van der Waals surface area contributed by atoms with Crippen molar-refractivity contribution < 1.29 is 13.2 Å². The maximum Gasteiger partial charge on any atom is 0.260 e. The Bertz CT molecular complexity index is 823. The van der Waals surface area contributed by atoms with Crippen LogP contribution in [0.5, 0.6) is 0 Å². The molecule has 2 aromatic rings. The minimum atomic E-state index is -3.60. The van der Waals surface area contributed by atoms with Gasteiger partial charge in [-0.15, -0.1) is 0 Å². The van der Waals surface area contributed by atoms with Crippen LogP contribution in [0.4, 0.5) is 0 Å². The lowest BCUT2D eigenvalue weighted by atomic mass is 10.2. The number of imidazole rings is 1. The fourth-order valence-corrected chi connectivity index (χ4v) is 4.49. The van der Waals surface area contributed by atoms with Crippen molar-refractivity contribution in [2.75, 3.05) is 26.2 Å². The fraction of sp³-hybridized carbons (Fsp3) is 0.333. The van der Waals surface area contributed by atoms with Crippen LogP contribution in [-0.4, -0.2) is 59.7 Å². The van der Waals surface area contributed by atoms with Crippen LogP contribution >= 0.6 is 15.9 Å². The summed E-state index contributed by atoms with van der Waals surface area (Å²) in [6.07, 6.45) is 3.22. The molecule has 7 nitrogen and oxygen atoms in total. The van der Waals surface area contributed by atoms with E-state index in [1.807, 2.05) is 18.2 Å². The highest BCUT2D eigenvalue weighted by Crippen LogP contribution is 2.20. The average molecular weight is 413 g/mol. The average Bonchev–Trinajstić information content (AvgIpc) is 3.00. The van der Waals surface area contributed by atoms with Crippen LogP contribution in [0, 0.1) is 0 Å². The molecule has 1 fully saturated rings. The number of hydrogen-bond donors (Lipinski definition) is 1. The summed E-state index contributed by atoms with van der Waals surface area (Å²) < 4.78 is 27.2. The van der Waals surface area contributed by atoms with Crippen LogP contribution in [0.2, 0.25) is 0 Å². The molecule has 3 rings (SSSR count). The molecule has 9 heteroatoms. The summed E-state index contributed by atoms with van der Waals surface area (Å²) in [6.45, 7) is 1.52. The van der Waals surface area contributed by atoms with Gasteiger partial charge < -0.3 is 9.88 Å². The Morgan fingerprint density at radius 1 is 1.17 bits per heavy atom. The van der Waals surface area contributed by atoms with Gasteiger partial charge in [-0.3, -0.25) is 4.79 Å². The molecular formula is C15H17BrN4O3S. The SMILES string of the molecule is O=C(c1ccccc1Br)N1CCCN(S(=O)(=O)c2cnc[nH]2)CC1. The molecule has 0 bridgehead atoms. The van der Waals surface area contributed by atoms with Crippen LogP contribution in [0.15, 0.2) is 46.3 Å². The second kappa shape index (κ2) is 7.04. The third kappa shape index (κ3) is 3.38. The van der Waals surface area contributed by atoms with Gasteiger partial charge in [0.25, 0.3) is 15.9 Å². The molecule has 1 aliphatic heterocycles. The van der Waals surface area contributed by atoms with Crippen molar-refractivity contribution in [2.24, 2.45) is 0 Å². The first-order valence-electron chi connectivity index (χ1n) is 7.52. The zero-order chi connectivity index (χ0) is 17.2. The summed E-state index contributed by atoms with van der Waals surface area (Å²) in [7, 11) is -3.60. The molecule has 24 heavy (non-hydrogen) atoms. The first-order valence-corrected chi connectivity index (χ1v) is 9.76. The quantitative estimate of drug-likeness (QED) is 0.830. The van der Waals surface area contributed by atoms with Crippen molar-refractivity contribution in [1.29, 1.82) is 0 Å². The predicted octanol–water partition coefficient (Wildman–Crippen LogP) is 1.71. The van der Waals surface area contributed by atoms with Crippen LogP contribution in [0.25, 0.3) is 0 Å². The highest BCUT2D eigenvalue weighted by atomic mass is 79.9. The number of aromatic amines is 1. The van der Waals surface area contributed by atoms with E-state index < -0.39 is 10.0 Å². The number of nitrogens with zero attached hydrogens (tertiary/aromatic N) is 3. The Kier molecular flexibility index (Phi) is 5.02. The van der Waals surface area contributed by atoms with Crippen molar-refractivity contribution in [3.63, 3.8) is 0 Å². The molecule has 1 saturated heterocycles. The molecular weight excluding hydrogens is 396 g/mol. The summed E-state index contributed by atoms with van der Waals surface area (Å²) in [5, 5.41) is 0.0769. The first kappa shape index (κ1) is 17.1. The zero-order valence-corrected chi connectivity index (χ0v) is 15.3. The number of halogens is 1. The molecule has 1 aromatic carbocycles. The Morgan fingerprint density at radius 3 is 2.67 bits per heavy atom.